The Bertz CT molecular complexity index is 487. The van der Waals surface area contributed by atoms with Gasteiger partial charge in [-0.2, -0.15) is 4.98 Å². The number of hydrogen-bond donors (Lipinski definition) is 1. The van der Waals surface area contributed by atoms with Crippen molar-refractivity contribution < 1.29 is 19.2 Å². The smallest absolute Gasteiger partial charge is 0.307 e. The fraction of sp³-hybridized carbons (Fsp3) is 0.769. The number of carboxylic acids is 1. The maximum atomic E-state index is 11.0. The van der Waals surface area contributed by atoms with Crippen molar-refractivity contribution in [1.29, 1.82) is 0 Å². The van der Waals surface area contributed by atoms with Crippen molar-refractivity contribution >= 4 is 5.97 Å². The molecule has 0 saturated carbocycles. The van der Waals surface area contributed by atoms with Crippen LogP contribution in [0.2, 0.25) is 0 Å². The lowest BCUT2D eigenvalue weighted by atomic mass is 9.89. The first-order valence-corrected chi connectivity index (χ1v) is 6.78. The fourth-order valence-corrected chi connectivity index (χ4v) is 2.92. The van der Waals surface area contributed by atoms with Crippen LogP contribution < -0.4 is 0 Å². The summed E-state index contributed by atoms with van der Waals surface area (Å²) in [6.07, 6.45) is 3.68. The van der Waals surface area contributed by atoms with Gasteiger partial charge < -0.3 is 14.4 Å². The monoisotopic (exact) mass is 266 g/mol. The Morgan fingerprint density at radius 2 is 2.21 bits per heavy atom. The van der Waals surface area contributed by atoms with Crippen molar-refractivity contribution in [2.45, 2.75) is 57.2 Å². The van der Waals surface area contributed by atoms with E-state index in [-0.39, 0.29) is 17.9 Å². The largest absolute Gasteiger partial charge is 0.481 e. The summed E-state index contributed by atoms with van der Waals surface area (Å²) in [5.74, 6) is -0.374. The van der Waals surface area contributed by atoms with Gasteiger partial charge in [0.15, 0.2) is 5.82 Å². The van der Waals surface area contributed by atoms with Crippen LogP contribution in [0.15, 0.2) is 4.52 Å². The molecule has 1 aromatic rings. The van der Waals surface area contributed by atoms with Gasteiger partial charge in [0.2, 0.25) is 5.89 Å². The van der Waals surface area contributed by atoms with E-state index in [9.17, 15) is 4.79 Å². The van der Waals surface area contributed by atoms with Crippen LogP contribution in [0.5, 0.6) is 0 Å². The maximum Gasteiger partial charge on any atom is 0.307 e. The number of ether oxygens (including phenoxy) is 1. The van der Waals surface area contributed by atoms with E-state index in [2.05, 4.69) is 10.1 Å². The number of aromatic nitrogens is 2. The van der Waals surface area contributed by atoms with E-state index >= 15 is 0 Å². The molecule has 3 heterocycles. The quantitative estimate of drug-likeness (QED) is 0.896. The SMILES string of the molecule is CC(C(=O)O)C(C)c1nc(C2CC3CCC2O3)no1. The highest BCUT2D eigenvalue weighted by Gasteiger charge is 2.44. The van der Waals surface area contributed by atoms with Crippen molar-refractivity contribution in [1.82, 2.24) is 10.1 Å². The molecule has 3 rings (SSSR count). The summed E-state index contributed by atoms with van der Waals surface area (Å²) in [4.78, 5) is 15.4. The molecule has 0 amide bonds. The Labute approximate surface area is 111 Å². The lowest BCUT2D eigenvalue weighted by Gasteiger charge is -2.14. The fourth-order valence-electron chi connectivity index (χ4n) is 2.92. The van der Waals surface area contributed by atoms with Crippen LogP contribution in [0, 0.1) is 5.92 Å². The average molecular weight is 266 g/mol. The Hall–Kier alpha value is -1.43. The van der Waals surface area contributed by atoms with Crippen molar-refractivity contribution in [2.24, 2.45) is 5.92 Å². The zero-order chi connectivity index (χ0) is 13.6. The van der Waals surface area contributed by atoms with Crippen LogP contribution in [0.1, 0.15) is 56.7 Å². The first kappa shape index (κ1) is 12.6. The van der Waals surface area contributed by atoms with Gasteiger partial charge in [0, 0.05) is 5.92 Å². The third kappa shape index (κ3) is 2.14. The summed E-state index contributed by atoms with van der Waals surface area (Å²) in [5.41, 5.74) is 0. The summed E-state index contributed by atoms with van der Waals surface area (Å²) >= 11 is 0. The Kier molecular flexibility index (Phi) is 3.05. The molecular formula is C13H18N2O4. The summed E-state index contributed by atoms with van der Waals surface area (Å²) in [6.45, 7) is 3.45. The van der Waals surface area contributed by atoms with Gasteiger partial charge >= 0.3 is 5.97 Å². The van der Waals surface area contributed by atoms with Crippen LogP contribution in [-0.4, -0.2) is 33.4 Å². The van der Waals surface area contributed by atoms with E-state index in [1.807, 2.05) is 0 Å². The topological polar surface area (TPSA) is 85.5 Å². The number of rotatable bonds is 4. The summed E-state index contributed by atoms with van der Waals surface area (Å²) in [7, 11) is 0. The van der Waals surface area contributed by atoms with E-state index in [1.54, 1.807) is 13.8 Å². The molecule has 6 nitrogen and oxygen atoms in total. The predicted molar refractivity (Wildman–Crippen MR) is 64.8 cm³/mol. The minimum Gasteiger partial charge on any atom is -0.481 e. The summed E-state index contributed by atoms with van der Waals surface area (Å²) in [5, 5.41) is 13.0. The maximum absolute atomic E-state index is 11.0. The van der Waals surface area contributed by atoms with Crippen molar-refractivity contribution in [3.05, 3.63) is 11.7 Å². The number of carboxylic acid groups (broad SMARTS) is 1. The molecule has 2 bridgehead atoms. The molecular weight excluding hydrogens is 248 g/mol. The van der Waals surface area contributed by atoms with Gasteiger partial charge in [0.1, 0.15) is 0 Å². The number of aliphatic carboxylic acids is 1. The van der Waals surface area contributed by atoms with E-state index in [4.69, 9.17) is 14.4 Å². The van der Waals surface area contributed by atoms with E-state index in [0.717, 1.165) is 19.3 Å². The van der Waals surface area contributed by atoms with E-state index in [0.29, 0.717) is 17.8 Å². The van der Waals surface area contributed by atoms with Crippen molar-refractivity contribution in [3.63, 3.8) is 0 Å². The normalized spacial score (nSPS) is 32.4. The van der Waals surface area contributed by atoms with Gasteiger partial charge in [-0.25, -0.2) is 0 Å². The summed E-state index contributed by atoms with van der Waals surface area (Å²) in [6, 6.07) is 0. The second-order valence-electron chi connectivity index (χ2n) is 5.62. The molecule has 2 aliphatic heterocycles. The van der Waals surface area contributed by atoms with Gasteiger partial charge in [0.05, 0.1) is 24.0 Å². The van der Waals surface area contributed by atoms with Crippen LogP contribution >= 0.6 is 0 Å². The standard InChI is InChI=1S/C13H18N2O4/c1-6(7(2)13(16)17)12-14-11(15-19-12)9-5-8-3-4-10(9)18-8/h6-10H,3-5H2,1-2H3,(H,16,17). The molecule has 1 N–H and O–H groups in total. The highest BCUT2D eigenvalue weighted by atomic mass is 16.5. The zero-order valence-corrected chi connectivity index (χ0v) is 11.1. The van der Waals surface area contributed by atoms with Crippen LogP contribution in [0.25, 0.3) is 0 Å². The molecule has 5 atom stereocenters. The molecule has 0 aliphatic carbocycles. The molecule has 104 valence electrons. The van der Waals surface area contributed by atoms with Crippen molar-refractivity contribution in [2.75, 3.05) is 0 Å². The number of carbonyl (C=O) groups is 1. The second kappa shape index (κ2) is 4.59. The van der Waals surface area contributed by atoms with Gasteiger partial charge in [-0.05, 0) is 19.3 Å². The average Bonchev–Trinajstić information content (AvgIpc) is 3.11. The van der Waals surface area contributed by atoms with Gasteiger partial charge in [-0.3, -0.25) is 4.79 Å². The van der Waals surface area contributed by atoms with Crippen LogP contribution in [-0.2, 0) is 9.53 Å². The van der Waals surface area contributed by atoms with Gasteiger partial charge in [-0.15, -0.1) is 0 Å². The Balaban J connectivity index is 1.74. The molecule has 6 heteroatoms. The highest BCUT2D eigenvalue weighted by molar-refractivity contribution is 5.70. The molecule has 5 unspecified atom stereocenters. The van der Waals surface area contributed by atoms with Gasteiger partial charge in [0.25, 0.3) is 0 Å². The molecule has 0 aromatic carbocycles. The first-order valence-electron chi connectivity index (χ1n) is 6.78. The third-order valence-electron chi connectivity index (χ3n) is 4.42. The molecule has 2 saturated heterocycles. The zero-order valence-electron chi connectivity index (χ0n) is 11.1. The van der Waals surface area contributed by atoms with Crippen LogP contribution in [0.4, 0.5) is 0 Å². The molecule has 0 radical (unpaired) electrons. The summed E-state index contributed by atoms with van der Waals surface area (Å²) < 4.78 is 11.0. The Morgan fingerprint density at radius 3 is 2.79 bits per heavy atom. The second-order valence-corrected chi connectivity index (χ2v) is 5.62. The molecule has 0 spiro atoms. The highest BCUT2D eigenvalue weighted by Crippen LogP contribution is 2.43. The van der Waals surface area contributed by atoms with Crippen LogP contribution in [0.3, 0.4) is 0 Å². The predicted octanol–water partition coefficient (Wildman–Crippen LogP) is 1.93. The molecule has 2 aliphatic rings. The molecule has 1 aromatic heterocycles. The third-order valence-corrected chi connectivity index (χ3v) is 4.42. The number of hydrogen-bond acceptors (Lipinski definition) is 5. The molecule has 2 fully saturated rings. The van der Waals surface area contributed by atoms with E-state index < -0.39 is 11.9 Å². The minimum atomic E-state index is -0.851. The lowest BCUT2D eigenvalue weighted by Crippen LogP contribution is -2.18. The number of nitrogens with zero attached hydrogens (tertiary/aromatic N) is 2. The minimum absolute atomic E-state index is 0.211. The first-order chi connectivity index (χ1) is 9.06. The lowest BCUT2D eigenvalue weighted by molar-refractivity contribution is -0.141. The molecule has 19 heavy (non-hydrogen) atoms. The van der Waals surface area contributed by atoms with Gasteiger partial charge in [-0.1, -0.05) is 19.0 Å². The van der Waals surface area contributed by atoms with E-state index in [1.165, 1.54) is 0 Å². The van der Waals surface area contributed by atoms with Crippen molar-refractivity contribution in [3.8, 4) is 0 Å². The Morgan fingerprint density at radius 1 is 1.42 bits per heavy atom. The number of fused-ring (bicyclic) bond motifs is 2.